The molecule has 110 valence electrons. The Hall–Kier alpha value is -2.04. The highest BCUT2D eigenvalue weighted by atomic mass is 16.4. The first-order valence-electron chi connectivity index (χ1n) is 6.73. The van der Waals surface area contributed by atoms with E-state index in [0.29, 0.717) is 6.42 Å². The Morgan fingerprint density at radius 2 is 1.90 bits per heavy atom. The van der Waals surface area contributed by atoms with Gasteiger partial charge in [-0.15, -0.1) is 0 Å². The second kappa shape index (κ2) is 7.53. The molecule has 1 aromatic rings. The van der Waals surface area contributed by atoms with Crippen molar-refractivity contribution in [2.24, 2.45) is 11.8 Å². The van der Waals surface area contributed by atoms with Crippen LogP contribution in [0.1, 0.15) is 25.8 Å². The molecule has 3 N–H and O–H groups in total. The number of aryl methyl sites for hydroxylation is 1. The van der Waals surface area contributed by atoms with E-state index in [1.165, 1.54) is 0 Å². The Bertz CT molecular complexity index is 472. The summed E-state index contributed by atoms with van der Waals surface area (Å²) in [6.07, 6.45) is 0.542. The highest BCUT2D eigenvalue weighted by Crippen LogP contribution is 2.13. The molecule has 0 saturated carbocycles. The van der Waals surface area contributed by atoms with Gasteiger partial charge in [0.1, 0.15) is 0 Å². The van der Waals surface area contributed by atoms with E-state index in [9.17, 15) is 9.59 Å². The van der Waals surface area contributed by atoms with Crippen LogP contribution in [-0.2, 0) is 4.79 Å². The quantitative estimate of drug-likeness (QED) is 0.748. The number of hydrogen-bond acceptors (Lipinski definition) is 2. The molecule has 5 nitrogen and oxygen atoms in total. The zero-order chi connectivity index (χ0) is 15.1. The van der Waals surface area contributed by atoms with Crippen molar-refractivity contribution < 1.29 is 14.7 Å². The number of para-hydroxylation sites is 1. The highest BCUT2D eigenvalue weighted by molar-refractivity contribution is 5.90. The van der Waals surface area contributed by atoms with E-state index < -0.39 is 11.9 Å². The molecule has 20 heavy (non-hydrogen) atoms. The Kier molecular flexibility index (Phi) is 6.03. The zero-order valence-electron chi connectivity index (χ0n) is 12.1. The first-order chi connectivity index (χ1) is 9.40. The lowest BCUT2D eigenvalue weighted by Gasteiger charge is -2.16. The summed E-state index contributed by atoms with van der Waals surface area (Å²) in [5.41, 5.74) is 1.68. The number of rotatable bonds is 6. The van der Waals surface area contributed by atoms with Crippen molar-refractivity contribution in [3.05, 3.63) is 29.8 Å². The average Bonchev–Trinajstić information content (AvgIpc) is 2.36. The van der Waals surface area contributed by atoms with Crippen LogP contribution in [0.3, 0.4) is 0 Å². The third-order valence-electron chi connectivity index (χ3n) is 3.01. The molecule has 5 heteroatoms. The number of hydrogen-bond donors (Lipinski definition) is 3. The summed E-state index contributed by atoms with van der Waals surface area (Å²) in [6.45, 7) is 5.95. The number of carboxylic acids is 1. The van der Waals surface area contributed by atoms with Crippen LogP contribution >= 0.6 is 0 Å². The maximum Gasteiger partial charge on any atom is 0.319 e. The summed E-state index contributed by atoms with van der Waals surface area (Å²) < 4.78 is 0. The van der Waals surface area contributed by atoms with Gasteiger partial charge in [-0.1, -0.05) is 32.0 Å². The molecule has 2 amide bonds. The lowest BCUT2D eigenvalue weighted by atomic mass is 9.97. The fraction of sp³-hybridized carbons (Fsp3) is 0.467. The van der Waals surface area contributed by atoms with E-state index >= 15 is 0 Å². The number of carboxylic acid groups (broad SMARTS) is 1. The van der Waals surface area contributed by atoms with Crippen LogP contribution in [0.5, 0.6) is 0 Å². The van der Waals surface area contributed by atoms with Crippen molar-refractivity contribution in [2.45, 2.75) is 27.2 Å². The van der Waals surface area contributed by atoms with Crippen LogP contribution in [0.2, 0.25) is 0 Å². The molecular weight excluding hydrogens is 256 g/mol. The Balaban J connectivity index is 2.50. The van der Waals surface area contributed by atoms with Crippen LogP contribution in [0.25, 0.3) is 0 Å². The molecule has 0 saturated heterocycles. The SMILES string of the molecule is Cc1ccccc1NC(=O)NCC(CC(C)C)C(=O)O. The van der Waals surface area contributed by atoms with Crippen LogP contribution in [0, 0.1) is 18.8 Å². The van der Waals surface area contributed by atoms with Gasteiger partial charge >= 0.3 is 12.0 Å². The van der Waals surface area contributed by atoms with Gasteiger partial charge in [-0.3, -0.25) is 4.79 Å². The van der Waals surface area contributed by atoms with Gasteiger partial charge in [0, 0.05) is 12.2 Å². The van der Waals surface area contributed by atoms with Gasteiger partial charge in [0.25, 0.3) is 0 Å². The molecule has 1 rings (SSSR count). The van der Waals surface area contributed by atoms with Gasteiger partial charge in [-0.05, 0) is 30.9 Å². The number of urea groups is 1. The molecule has 0 radical (unpaired) electrons. The fourth-order valence-electron chi connectivity index (χ4n) is 1.94. The molecule has 1 unspecified atom stereocenters. The van der Waals surface area contributed by atoms with Gasteiger partial charge in [0.2, 0.25) is 0 Å². The summed E-state index contributed by atoms with van der Waals surface area (Å²) in [5.74, 6) is -1.16. The first-order valence-corrected chi connectivity index (χ1v) is 6.73. The minimum atomic E-state index is -0.880. The lowest BCUT2D eigenvalue weighted by Crippen LogP contribution is -2.36. The van der Waals surface area contributed by atoms with E-state index in [4.69, 9.17) is 5.11 Å². The number of nitrogens with one attached hydrogen (secondary N) is 2. The van der Waals surface area contributed by atoms with E-state index in [2.05, 4.69) is 10.6 Å². The summed E-state index contributed by atoms with van der Waals surface area (Å²) in [7, 11) is 0. The first kappa shape index (κ1) is 16.0. The zero-order valence-corrected chi connectivity index (χ0v) is 12.1. The third kappa shape index (κ3) is 5.30. The molecule has 0 spiro atoms. The third-order valence-corrected chi connectivity index (χ3v) is 3.01. The predicted octanol–water partition coefficient (Wildman–Crippen LogP) is 2.86. The van der Waals surface area contributed by atoms with Crippen LogP contribution < -0.4 is 10.6 Å². The normalized spacial score (nSPS) is 12.0. The number of anilines is 1. The minimum Gasteiger partial charge on any atom is -0.481 e. The maximum absolute atomic E-state index is 11.8. The number of benzene rings is 1. The fourth-order valence-corrected chi connectivity index (χ4v) is 1.94. The smallest absolute Gasteiger partial charge is 0.319 e. The Labute approximate surface area is 119 Å². The summed E-state index contributed by atoms with van der Waals surface area (Å²) >= 11 is 0. The van der Waals surface area contributed by atoms with Crippen LogP contribution in [-0.4, -0.2) is 23.7 Å². The van der Waals surface area contributed by atoms with Crippen molar-refractivity contribution in [1.82, 2.24) is 5.32 Å². The molecule has 1 aromatic carbocycles. The highest BCUT2D eigenvalue weighted by Gasteiger charge is 2.19. The molecule has 1 atom stereocenters. The van der Waals surface area contributed by atoms with Gasteiger partial charge in [0.05, 0.1) is 5.92 Å². The maximum atomic E-state index is 11.8. The van der Waals surface area contributed by atoms with Crippen LogP contribution in [0.15, 0.2) is 24.3 Å². The molecule has 0 aromatic heterocycles. The Morgan fingerprint density at radius 3 is 2.45 bits per heavy atom. The van der Waals surface area contributed by atoms with Crippen molar-refractivity contribution in [1.29, 1.82) is 0 Å². The molecule has 0 heterocycles. The topological polar surface area (TPSA) is 78.4 Å². The molecule has 0 bridgehead atoms. The van der Waals surface area contributed by atoms with Crippen molar-refractivity contribution in [3.63, 3.8) is 0 Å². The molecule has 0 aliphatic rings. The van der Waals surface area contributed by atoms with E-state index in [-0.39, 0.29) is 18.5 Å². The summed E-state index contributed by atoms with van der Waals surface area (Å²) in [6, 6.07) is 7.05. The Morgan fingerprint density at radius 1 is 1.25 bits per heavy atom. The number of carbonyl (C=O) groups excluding carboxylic acids is 1. The molecular formula is C15H22N2O3. The van der Waals surface area contributed by atoms with Gasteiger partial charge in [0.15, 0.2) is 0 Å². The average molecular weight is 278 g/mol. The molecule has 0 aliphatic carbocycles. The number of aliphatic carboxylic acids is 1. The lowest BCUT2D eigenvalue weighted by molar-refractivity contribution is -0.142. The van der Waals surface area contributed by atoms with Crippen molar-refractivity contribution in [3.8, 4) is 0 Å². The molecule has 0 fully saturated rings. The largest absolute Gasteiger partial charge is 0.481 e. The predicted molar refractivity (Wildman–Crippen MR) is 78.8 cm³/mol. The summed E-state index contributed by atoms with van der Waals surface area (Å²) in [4.78, 5) is 22.9. The second-order valence-corrected chi connectivity index (χ2v) is 5.31. The van der Waals surface area contributed by atoms with E-state index in [0.717, 1.165) is 11.3 Å². The van der Waals surface area contributed by atoms with Crippen molar-refractivity contribution in [2.75, 3.05) is 11.9 Å². The monoisotopic (exact) mass is 278 g/mol. The summed E-state index contributed by atoms with van der Waals surface area (Å²) in [5, 5.41) is 14.4. The van der Waals surface area contributed by atoms with Gasteiger partial charge < -0.3 is 15.7 Å². The minimum absolute atomic E-state index is 0.130. The van der Waals surface area contributed by atoms with Gasteiger partial charge in [-0.25, -0.2) is 4.79 Å². The van der Waals surface area contributed by atoms with E-state index in [1.54, 1.807) is 6.07 Å². The standard InChI is InChI=1S/C15H22N2O3/c1-10(2)8-12(14(18)19)9-16-15(20)17-13-7-5-4-6-11(13)3/h4-7,10,12H,8-9H2,1-3H3,(H,18,19)(H2,16,17,20). The molecule has 0 aliphatic heterocycles. The van der Waals surface area contributed by atoms with Gasteiger partial charge in [-0.2, -0.15) is 0 Å². The van der Waals surface area contributed by atoms with Crippen molar-refractivity contribution >= 4 is 17.7 Å². The second-order valence-electron chi connectivity index (χ2n) is 5.31. The van der Waals surface area contributed by atoms with Crippen LogP contribution in [0.4, 0.5) is 10.5 Å². The van der Waals surface area contributed by atoms with E-state index in [1.807, 2.05) is 39.0 Å². The number of amides is 2. The number of carbonyl (C=O) groups is 2.